The maximum atomic E-state index is 5.18. The molecule has 0 aliphatic carbocycles. The molecule has 4 nitrogen and oxygen atoms in total. The maximum Gasteiger partial charge on any atom is 0.0228 e. The smallest absolute Gasteiger partial charge is 0.0228 e. The Morgan fingerprint density at radius 3 is 1.69 bits per heavy atom. The number of benzene rings is 3. The number of fused-ring (bicyclic) bond motifs is 1. The van der Waals surface area contributed by atoms with Gasteiger partial charge in [-0.3, -0.25) is 0 Å². The molecule has 0 saturated heterocycles. The second-order valence-electron chi connectivity index (χ2n) is 12.8. The molecule has 4 N–H and O–H groups in total. The van der Waals surface area contributed by atoms with E-state index in [4.69, 9.17) is 5.73 Å². The molecule has 0 aliphatic rings. The summed E-state index contributed by atoms with van der Waals surface area (Å²) >= 11 is 2.01. The molecule has 0 atom stereocenters. The first-order valence-corrected chi connectivity index (χ1v) is 20.7. The van der Waals surface area contributed by atoms with E-state index in [2.05, 4.69) is 167 Å². The summed E-state index contributed by atoms with van der Waals surface area (Å²) in [5, 5.41) is 7.45. The van der Waals surface area contributed by atoms with Crippen molar-refractivity contribution in [2.45, 2.75) is 122 Å². The van der Waals surface area contributed by atoms with Crippen molar-refractivity contribution in [2.75, 3.05) is 45.7 Å². The van der Waals surface area contributed by atoms with Gasteiger partial charge in [-0.25, -0.2) is 5.43 Å². The van der Waals surface area contributed by atoms with E-state index in [0.29, 0.717) is 6.54 Å². The predicted octanol–water partition coefficient (Wildman–Crippen LogP) is 13.1. The Kier molecular flexibility index (Phi) is 43.5. The van der Waals surface area contributed by atoms with Crippen molar-refractivity contribution in [1.29, 1.82) is 0 Å². The van der Waals surface area contributed by atoms with Gasteiger partial charge in [0, 0.05) is 25.8 Å². The number of rotatable bonds is 11. The summed E-state index contributed by atoms with van der Waals surface area (Å²) in [5.41, 5.74) is 16.1. The SMILES string of the molecule is C/C=C(/C)N(C)NCC.C=C(CC)CN.CC(C)C.CCCC.CCCSCC.CCc1ccc(-c2ccc(C)c3ccccc23)cc1.CNC. The van der Waals surface area contributed by atoms with Crippen LogP contribution in [0.1, 0.15) is 120 Å². The standard InChI is InChI=1S/C19H18.C7H16N2.C5H11N.C5H12S.2C4H10.C2H7N/c1-3-15-9-11-16(12-10-15)18-13-8-14(2)17-6-4-5-7-19(17)18;1-5-7(3)9(4)8-6-2;1-3-5(2)4-6;1-3-5-6-4-2;1-4(2)3;1-3-4-2;1-3-2/h4-13H,3H2,1-2H3;5,8H,6H2,1-4H3;2-4,6H2,1H3;3-5H2,1-2H3;4H,1-3H3;3-4H2,1-2H3;3H,1-2H3/b;7-5-;;;;;. The molecule has 0 unspecified atom stereocenters. The second-order valence-corrected chi connectivity index (χ2v) is 14.2. The molecule has 3 aromatic rings. The van der Waals surface area contributed by atoms with Gasteiger partial charge in [0.2, 0.25) is 0 Å². The Bertz CT molecular complexity index is 1190. The first-order chi connectivity index (χ1) is 24.3. The molecule has 3 rings (SSSR count). The first-order valence-electron chi connectivity index (χ1n) is 19.5. The number of unbranched alkanes of at least 4 members (excludes halogenated alkanes) is 1. The van der Waals surface area contributed by atoms with Crippen LogP contribution in [0.5, 0.6) is 0 Å². The molecule has 0 spiro atoms. The van der Waals surface area contributed by atoms with Crippen LogP contribution in [0.2, 0.25) is 0 Å². The number of allylic oxidation sites excluding steroid dienone is 2. The number of nitrogens with zero attached hydrogens (tertiary/aromatic N) is 1. The lowest BCUT2D eigenvalue weighted by atomic mass is 9.95. The van der Waals surface area contributed by atoms with E-state index in [1.165, 1.54) is 69.5 Å². The van der Waals surface area contributed by atoms with Crippen molar-refractivity contribution in [2.24, 2.45) is 11.7 Å². The van der Waals surface area contributed by atoms with Crippen LogP contribution < -0.4 is 16.5 Å². The fourth-order valence-corrected chi connectivity index (χ4v) is 4.19. The number of hydrazine groups is 1. The van der Waals surface area contributed by atoms with Crippen molar-refractivity contribution in [3.63, 3.8) is 0 Å². The largest absolute Gasteiger partial charge is 0.327 e. The quantitative estimate of drug-likeness (QED) is 0.104. The topological polar surface area (TPSA) is 53.3 Å². The van der Waals surface area contributed by atoms with Crippen LogP contribution in [0, 0.1) is 12.8 Å². The molecule has 0 radical (unpaired) electrons. The Morgan fingerprint density at radius 1 is 0.843 bits per heavy atom. The monoisotopic (exact) mass is 725 g/mol. The minimum Gasteiger partial charge on any atom is -0.327 e. The molecule has 3 aromatic carbocycles. The summed E-state index contributed by atoms with van der Waals surface area (Å²) in [6.07, 6.45) is 8.13. The third-order valence-corrected chi connectivity index (χ3v) is 8.10. The zero-order valence-electron chi connectivity index (χ0n) is 36.4. The third kappa shape index (κ3) is 33.0. The second kappa shape index (κ2) is 40.2. The van der Waals surface area contributed by atoms with Gasteiger partial charge < -0.3 is 16.1 Å². The van der Waals surface area contributed by atoms with Crippen molar-refractivity contribution < 1.29 is 0 Å². The van der Waals surface area contributed by atoms with Crippen LogP contribution in [0.3, 0.4) is 0 Å². The van der Waals surface area contributed by atoms with Crippen LogP contribution >= 0.6 is 11.8 Å². The summed E-state index contributed by atoms with van der Waals surface area (Å²) < 4.78 is 0. The van der Waals surface area contributed by atoms with Gasteiger partial charge in [-0.1, -0.05) is 161 Å². The van der Waals surface area contributed by atoms with E-state index >= 15 is 0 Å². The first kappa shape index (κ1) is 55.2. The van der Waals surface area contributed by atoms with Crippen LogP contribution in [-0.2, 0) is 6.42 Å². The summed E-state index contributed by atoms with van der Waals surface area (Å²) in [4.78, 5) is 0. The van der Waals surface area contributed by atoms with Gasteiger partial charge in [-0.15, -0.1) is 0 Å². The molecule has 5 heteroatoms. The van der Waals surface area contributed by atoms with E-state index < -0.39 is 0 Å². The lowest BCUT2D eigenvalue weighted by molar-refractivity contribution is 0.308. The molecule has 0 heterocycles. The minimum atomic E-state index is 0.635. The van der Waals surface area contributed by atoms with Crippen molar-refractivity contribution >= 4 is 22.5 Å². The summed E-state index contributed by atoms with van der Waals surface area (Å²) in [5.74, 6) is 3.43. The number of nitrogens with one attached hydrogen (secondary N) is 2. The fourth-order valence-electron chi connectivity index (χ4n) is 3.61. The molecular weight excluding hydrogens is 641 g/mol. The van der Waals surface area contributed by atoms with Gasteiger partial charge in [0.1, 0.15) is 0 Å². The Morgan fingerprint density at radius 2 is 1.35 bits per heavy atom. The van der Waals surface area contributed by atoms with Crippen LogP contribution in [0.25, 0.3) is 21.9 Å². The van der Waals surface area contributed by atoms with E-state index in [9.17, 15) is 0 Å². The molecule has 0 aromatic heterocycles. The van der Waals surface area contributed by atoms with Gasteiger partial charge in [0.15, 0.2) is 0 Å². The molecule has 0 bridgehead atoms. The highest BCUT2D eigenvalue weighted by Crippen LogP contribution is 2.30. The summed E-state index contributed by atoms with van der Waals surface area (Å²) in [6.45, 7) is 33.1. The number of hydrogen-bond acceptors (Lipinski definition) is 5. The molecular formula is C46H84N4S. The Balaban J connectivity index is -0.000000291. The highest BCUT2D eigenvalue weighted by Gasteiger charge is 2.05. The van der Waals surface area contributed by atoms with Crippen molar-refractivity contribution in [1.82, 2.24) is 15.8 Å². The van der Waals surface area contributed by atoms with E-state index in [0.717, 1.165) is 30.9 Å². The number of hydrogen-bond donors (Lipinski definition) is 3. The molecule has 51 heavy (non-hydrogen) atoms. The summed E-state index contributed by atoms with van der Waals surface area (Å²) in [7, 11) is 5.76. The molecule has 294 valence electrons. The lowest BCUT2D eigenvalue weighted by Crippen LogP contribution is -2.32. The zero-order chi connectivity index (χ0) is 40.0. The average Bonchev–Trinajstić information content (AvgIpc) is 3.14. The third-order valence-electron chi connectivity index (χ3n) is 7.00. The van der Waals surface area contributed by atoms with Gasteiger partial charge in [-0.05, 0) is 105 Å². The van der Waals surface area contributed by atoms with Gasteiger partial charge >= 0.3 is 0 Å². The number of nitrogens with two attached hydrogens (primary N) is 1. The van der Waals surface area contributed by atoms with Gasteiger partial charge in [0.05, 0.1) is 0 Å². The van der Waals surface area contributed by atoms with Crippen LogP contribution in [0.4, 0.5) is 0 Å². The van der Waals surface area contributed by atoms with Crippen LogP contribution in [0.15, 0.2) is 84.6 Å². The highest BCUT2D eigenvalue weighted by atomic mass is 32.2. The Hall–Kier alpha value is -2.57. The number of aryl methyl sites for hydroxylation is 2. The van der Waals surface area contributed by atoms with E-state index in [1.54, 1.807) is 0 Å². The predicted molar refractivity (Wildman–Crippen MR) is 242 cm³/mol. The molecule has 0 amide bonds. The Labute approximate surface area is 323 Å². The van der Waals surface area contributed by atoms with Crippen molar-refractivity contribution in [3.8, 4) is 11.1 Å². The minimum absolute atomic E-state index is 0.635. The van der Waals surface area contributed by atoms with E-state index in [1.807, 2.05) is 44.8 Å². The average molecular weight is 725 g/mol. The van der Waals surface area contributed by atoms with Gasteiger partial charge in [0.25, 0.3) is 0 Å². The molecule has 0 aliphatic heterocycles. The highest BCUT2D eigenvalue weighted by molar-refractivity contribution is 7.99. The van der Waals surface area contributed by atoms with E-state index in [-0.39, 0.29) is 0 Å². The zero-order valence-corrected chi connectivity index (χ0v) is 37.2. The van der Waals surface area contributed by atoms with Gasteiger partial charge in [-0.2, -0.15) is 11.8 Å². The van der Waals surface area contributed by atoms with Crippen molar-refractivity contribution in [3.05, 3.63) is 95.7 Å². The number of thioether (sulfide) groups is 1. The molecule has 0 fully saturated rings. The van der Waals surface area contributed by atoms with Crippen LogP contribution in [-0.4, -0.2) is 50.7 Å². The normalized spacial score (nSPS) is 9.80. The lowest BCUT2D eigenvalue weighted by Gasteiger charge is -2.19. The fraction of sp³-hybridized carbons (Fsp3) is 0.565. The maximum absolute atomic E-state index is 5.18. The molecule has 0 saturated carbocycles. The summed E-state index contributed by atoms with van der Waals surface area (Å²) in [6, 6.07) is 22.0.